The summed E-state index contributed by atoms with van der Waals surface area (Å²) in [6.45, 7) is 4.30. The molecule has 126 valence electrons. The topological polar surface area (TPSA) is 39.7 Å². The van der Waals surface area contributed by atoms with E-state index in [0.717, 1.165) is 0 Å². The predicted molar refractivity (Wildman–Crippen MR) is 85.4 cm³/mol. The van der Waals surface area contributed by atoms with Crippen LogP contribution in [0.5, 0.6) is 0 Å². The lowest BCUT2D eigenvalue weighted by Gasteiger charge is -2.19. The van der Waals surface area contributed by atoms with E-state index in [-0.39, 0.29) is 12.6 Å². The van der Waals surface area contributed by atoms with Gasteiger partial charge in [0.25, 0.3) is 0 Å². The Bertz CT molecular complexity index is 445. The van der Waals surface area contributed by atoms with Gasteiger partial charge in [0.15, 0.2) is 5.96 Å². The third-order valence-electron chi connectivity index (χ3n) is 2.87. The first-order valence-corrected chi connectivity index (χ1v) is 8.03. The van der Waals surface area contributed by atoms with Gasteiger partial charge in [-0.25, -0.2) is 0 Å². The Kier molecular flexibility index (Phi) is 7.67. The number of thiophene rings is 1. The standard InChI is InChI=1S/C14H23F3N4S/c1-4-18-13(20-11(2)12-6-5-9-22-12)19-7-8-21(3)10-14(15,16)17/h5-6,9,11H,4,7-8,10H2,1-3H3,(H2,18,19,20). The second-order valence-corrected chi connectivity index (χ2v) is 5.97. The molecule has 2 N–H and O–H groups in total. The molecule has 0 fully saturated rings. The Morgan fingerprint density at radius 3 is 2.73 bits per heavy atom. The molecule has 1 unspecified atom stereocenters. The number of aliphatic imine (C=N–C) groups is 1. The highest BCUT2D eigenvalue weighted by atomic mass is 32.1. The summed E-state index contributed by atoms with van der Waals surface area (Å²) >= 11 is 1.65. The summed E-state index contributed by atoms with van der Waals surface area (Å²) in [5, 5.41) is 8.35. The van der Waals surface area contributed by atoms with Crippen molar-refractivity contribution >= 4 is 17.3 Å². The maximum Gasteiger partial charge on any atom is 0.401 e. The average molecular weight is 336 g/mol. The lowest BCUT2D eigenvalue weighted by molar-refractivity contribution is -0.142. The zero-order chi connectivity index (χ0) is 16.6. The van der Waals surface area contributed by atoms with Crippen molar-refractivity contribution < 1.29 is 13.2 Å². The summed E-state index contributed by atoms with van der Waals surface area (Å²) in [4.78, 5) is 6.72. The molecular weight excluding hydrogens is 313 g/mol. The van der Waals surface area contributed by atoms with Gasteiger partial charge in [0.2, 0.25) is 0 Å². The molecule has 22 heavy (non-hydrogen) atoms. The molecule has 1 heterocycles. The summed E-state index contributed by atoms with van der Waals surface area (Å²) in [5.74, 6) is 0.615. The maximum absolute atomic E-state index is 12.2. The number of hydrogen-bond acceptors (Lipinski definition) is 3. The van der Waals surface area contributed by atoms with Gasteiger partial charge in [0.05, 0.1) is 19.1 Å². The van der Waals surface area contributed by atoms with Crippen molar-refractivity contribution in [3.05, 3.63) is 22.4 Å². The van der Waals surface area contributed by atoms with Gasteiger partial charge in [-0.1, -0.05) is 6.07 Å². The second-order valence-electron chi connectivity index (χ2n) is 5.00. The van der Waals surface area contributed by atoms with E-state index in [1.165, 1.54) is 16.8 Å². The van der Waals surface area contributed by atoms with E-state index in [0.29, 0.717) is 19.0 Å². The third kappa shape index (κ3) is 7.65. The van der Waals surface area contributed by atoms with Gasteiger partial charge in [-0.3, -0.25) is 9.89 Å². The van der Waals surface area contributed by atoms with E-state index in [1.807, 2.05) is 31.4 Å². The number of alkyl halides is 3. The van der Waals surface area contributed by atoms with Crippen LogP contribution in [0.1, 0.15) is 24.8 Å². The van der Waals surface area contributed by atoms with Crippen molar-refractivity contribution in [1.82, 2.24) is 15.5 Å². The summed E-state index contributed by atoms with van der Waals surface area (Å²) in [7, 11) is 1.44. The van der Waals surface area contributed by atoms with Crippen molar-refractivity contribution in [3.8, 4) is 0 Å². The molecule has 1 aromatic rings. The van der Waals surface area contributed by atoms with Crippen LogP contribution < -0.4 is 10.6 Å². The smallest absolute Gasteiger partial charge is 0.357 e. The highest BCUT2D eigenvalue weighted by Gasteiger charge is 2.28. The molecule has 0 aliphatic heterocycles. The van der Waals surface area contributed by atoms with Gasteiger partial charge in [-0.2, -0.15) is 13.2 Å². The van der Waals surface area contributed by atoms with Crippen LogP contribution in [0, 0.1) is 0 Å². The largest absolute Gasteiger partial charge is 0.401 e. The molecule has 4 nitrogen and oxygen atoms in total. The van der Waals surface area contributed by atoms with Gasteiger partial charge in [-0.05, 0) is 32.3 Å². The van der Waals surface area contributed by atoms with Gasteiger partial charge in [0, 0.05) is 18.0 Å². The third-order valence-corrected chi connectivity index (χ3v) is 3.92. The molecule has 0 spiro atoms. The molecule has 1 atom stereocenters. The van der Waals surface area contributed by atoms with Gasteiger partial charge in [-0.15, -0.1) is 11.3 Å². The number of rotatable bonds is 7. The monoisotopic (exact) mass is 336 g/mol. The number of likely N-dealkylation sites (N-methyl/N-ethyl adjacent to an activating group) is 1. The minimum atomic E-state index is -4.17. The molecule has 0 amide bonds. The number of guanidine groups is 1. The van der Waals surface area contributed by atoms with Crippen LogP contribution >= 0.6 is 11.3 Å². The Balaban J connectivity index is 2.48. The van der Waals surface area contributed by atoms with Crippen molar-refractivity contribution in [2.45, 2.75) is 26.1 Å². The summed E-state index contributed by atoms with van der Waals surface area (Å²) in [6, 6.07) is 4.11. The number of halogens is 3. The van der Waals surface area contributed by atoms with Crippen molar-refractivity contribution in [1.29, 1.82) is 0 Å². The predicted octanol–water partition coefficient (Wildman–Crippen LogP) is 2.86. The van der Waals surface area contributed by atoms with Crippen LogP contribution in [-0.2, 0) is 0 Å². The SMILES string of the molecule is CCNC(=NCCN(C)CC(F)(F)F)NC(C)c1cccs1. The fourth-order valence-corrected chi connectivity index (χ4v) is 2.59. The molecule has 0 aliphatic carbocycles. The van der Waals surface area contributed by atoms with Crippen LogP contribution in [-0.4, -0.2) is 50.3 Å². The fourth-order valence-electron chi connectivity index (χ4n) is 1.85. The maximum atomic E-state index is 12.2. The minimum Gasteiger partial charge on any atom is -0.357 e. The van der Waals surface area contributed by atoms with Crippen LogP contribution in [0.4, 0.5) is 13.2 Å². The normalized spacial score (nSPS) is 14.2. The van der Waals surface area contributed by atoms with E-state index < -0.39 is 12.7 Å². The molecule has 1 rings (SSSR count). The highest BCUT2D eigenvalue weighted by Crippen LogP contribution is 2.18. The minimum absolute atomic E-state index is 0.103. The van der Waals surface area contributed by atoms with E-state index in [2.05, 4.69) is 15.6 Å². The molecular formula is C14H23F3N4S. The summed E-state index contributed by atoms with van der Waals surface area (Å²) in [5.41, 5.74) is 0. The zero-order valence-corrected chi connectivity index (χ0v) is 13.9. The molecule has 0 radical (unpaired) electrons. The summed E-state index contributed by atoms with van der Waals surface area (Å²) < 4.78 is 36.7. The molecule has 0 saturated carbocycles. The van der Waals surface area contributed by atoms with Crippen molar-refractivity contribution in [2.75, 3.05) is 33.2 Å². The molecule has 8 heteroatoms. The quantitative estimate of drug-likeness (QED) is 0.594. The van der Waals surface area contributed by atoms with Gasteiger partial charge in [0.1, 0.15) is 0 Å². The highest BCUT2D eigenvalue weighted by molar-refractivity contribution is 7.10. The van der Waals surface area contributed by atoms with E-state index >= 15 is 0 Å². The van der Waals surface area contributed by atoms with E-state index in [4.69, 9.17) is 0 Å². The van der Waals surface area contributed by atoms with Gasteiger partial charge < -0.3 is 10.6 Å². The van der Waals surface area contributed by atoms with Crippen LogP contribution in [0.3, 0.4) is 0 Å². The fraction of sp³-hybridized carbons (Fsp3) is 0.643. The Labute approximate surface area is 133 Å². The molecule has 1 aromatic heterocycles. The molecule has 0 saturated heterocycles. The lowest BCUT2D eigenvalue weighted by Crippen LogP contribution is -2.39. The Hall–Kier alpha value is -1.28. The summed E-state index contributed by atoms with van der Waals surface area (Å²) in [6.07, 6.45) is -4.17. The van der Waals surface area contributed by atoms with Gasteiger partial charge >= 0.3 is 6.18 Å². The molecule has 0 bridgehead atoms. The van der Waals surface area contributed by atoms with E-state index in [1.54, 1.807) is 11.3 Å². The van der Waals surface area contributed by atoms with Crippen molar-refractivity contribution in [3.63, 3.8) is 0 Å². The van der Waals surface area contributed by atoms with Crippen LogP contribution in [0.25, 0.3) is 0 Å². The second kappa shape index (κ2) is 8.99. The first-order valence-electron chi connectivity index (χ1n) is 7.15. The first kappa shape index (κ1) is 18.8. The average Bonchev–Trinajstić information content (AvgIpc) is 2.90. The first-order chi connectivity index (χ1) is 10.3. The Morgan fingerprint density at radius 2 is 2.18 bits per heavy atom. The van der Waals surface area contributed by atoms with Crippen molar-refractivity contribution in [2.24, 2.45) is 4.99 Å². The zero-order valence-electron chi connectivity index (χ0n) is 13.1. The van der Waals surface area contributed by atoms with Crippen LogP contribution in [0.2, 0.25) is 0 Å². The van der Waals surface area contributed by atoms with Crippen LogP contribution in [0.15, 0.2) is 22.5 Å². The molecule has 0 aromatic carbocycles. The number of nitrogens with zero attached hydrogens (tertiary/aromatic N) is 2. The number of nitrogens with one attached hydrogen (secondary N) is 2. The van der Waals surface area contributed by atoms with E-state index in [9.17, 15) is 13.2 Å². The Morgan fingerprint density at radius 1 is 1.45 bits per heavy atom. The molecule has 0 aliphatic rings. The number of hydrogen-bond donors (Lipinski definition) is 2. The lowest BCUT2D eigenvalue weighted by atomic mass is 10.3.